The molecule has 0 saturated carbocycles. The van der Waals surface area contributed by atoms with Crippen molar-refractivity contribution in [3.63, 3.8) is 0 Å². The zero-order valence-corrected chi connectivity index (χ0v) is 6.91. The Morgan fingerprint density at radius 2 is 2.36 bits per heavy atom. The van der Waals surface area contributed by atoms with E-state index in [1.165, 1.54) is 12.3 Å². The van der Waals surface area contributed by atoms with Gasteiger partial charge in [-0.3, -0.25) is 0 Å². The lowest BCUT2D eigenvalue weighted by atomic mass is 10.4. The van der Waals surface area contributed by atoms with Gasteiger partial charge in [-0.25, -0.2) is 0 Å². The molecule has 0 fully saturated rings. The summed E-state index contributed by atoms with van der Waals surface area (Å²) >= 11 is 2.96. The zero-order valence-electron chi connectivity index (χ0n) is 5.32. The van der Waals surface area contributed by atoms with Crippen molar-refractivity contribution in [1.29, 1.82) is 0 Å². The predicted molar refractivity (Wildman–Crippen MR) is 43.0 cm³/mol. The fraction of sp³-hybridized carbons (Fsp3) is 0. The quantitative estimate of drug-likeness (QED) is 0.569. The summed E-state index contributed by atoms with van der Waals surface area (Å²) in [6.07, 6.45) is 1.24. The Morgan fingerprint density at radius 3 is 2.82 bits per heavy atom. The van der Waals surface area contributed by atoms with Gasteiger partial charge in [0, 0.05) is 0 Å². The van der Waals surface area contributed by atoms with Crippen LogP contribution < -0.4 is 5.73 Å². The number of rotatable bonds is 1. The number of nitrogens with two attached hydrogens (primary N) is 1. The second kappa shape index (κ2) is 2.83. The summed E-state index contributed by atoms with van der Waals surface area (Å²) in [5.74, 6) is -0.223. The molecular formula is C5H4BrN3O2. The molecule has 1 rings (SSSR count). The Balaban J connectivity index is 3.20. The zero-order chi connectivity index (χ0) is 8.43. The number of nitro groups is 1. The van der Waals surface area contributed by atoms with Crippen LogP contribution in [0, 0.1) is 10.1 Å². The highest BCUT2D eigenvalue weighted by Crippen LogP contribution is 2.22. The number of aromatic nitrogens is 1. The van der Waals surface area contributed by atoms with Crippen LogP contribution in [0.5, 0.6) is 0 Å². The number of pyridine rings is 1. The molecule has 11 heavy (non-hydrogen) atoms. The smallest absolute Gasteiger partial charge is 0.377 e. The molecule has 0 unspecified atom stereocenters. The average Bonchev–Trinajstić information content (AvgIpc) is 1.85. The van der Waals surface area contributed by atoms with Gasteiger partial charge >= 0.3 is 5.82 Å². The number of hydrogen-bond acceptors (Lipinski definition) is 4. The fourth-order valence-electron chi connectivity index (χ4n) is 0.580. The minimum Gasteiger partial charge on any atom is -0.396 e. The minimum atomic E-state index is -0.580. The highest BCUT2D eigenvalue weighted by Gasteiger charge is 2.12. The molecule has 0 bridgehead atoms. The fourth-order valence-corrected chi connectivity index (χ4v) is 1.09. The van der Waals surface area contributed by atoms with E-state index in [1.807, 2.05) is 0 Å². The van der Waals surface area contributed by atoms with Crippen LogP contribution in [0.15, 0.2) is 16.7 Å². The Morgan fingerprint density at radius 1 is 1.73 bits per heavy atom. The summed E-state index contributed by atoms with van der Waals surface area (Å²) in [5, 5.41) is 10.2. The van der Waals surface area contributed by atoms with E-state index in [9.17, 15) is 10.1 Å². The van der Waals surface area contributed by atoms with Crippen molar-refractivity contribution in [3.8, 4) is 0 Å². The van der Waals surface area contributed by atoms with E-state index in [4.69, 9.17) is 5.73 Å². The second-order valence-corrected chi connectivity index (χ2v) is 2.69. The van der Waals surface area contributed by atoms with Gasteiger partial charge in [0.1, 0.15) is 4.47 Å². The normalized spacial score (nSPS) is 9.55. The average molecular weight is 218 g/mol. The molecule has 0 radical (unpaired) electrons. The summed E-state index contributed by atoms with van der Waals surface area (Å²) < 4.78 is 0.294. The lowest BCUT2D eigenvalue weighted by Crippen LogP contribution is -1.94. The van der Waals surface area contributed by atoms with Crippen LogP contribution in [-0.4, -0.2) is 9.91 Å². The number of nitrogen functional groups attached to an aromatic ring is 1. The van der Waals surface area contributed by atoms with Crippen molar-refractivity contribution in [1.82, 2.24) is 4.98 Å². The molecule has 1 aromatic rings. The number of nitrogens with zero attached hydrogens (tertiary/aromatic N) is 2. The van der Waals surface area contributed by atoms with Crippen LogP contribution in [0.4, 0.5) is 11.5 Å². The third kappa shape index (κ3) is 1.64. The largest absolute Gasteiger partial charge is 0.396 e. The molecule has 0 aliphatic rings. The molecule has 0 saturated heterocycles. The standard InChI is InChI=1S/C5H4BrN3O2/c6-4-1-3(7)2-8-5(4)9(10)11/h1-2H,7H2. The van der Waals surface area contributed by atoms with Crippen LogP contribution in [-0.2, 0) is 0 Å². The van der Waals surface area contributed by atoms with E-state index >= 15 is 0 Å². The van der Waals surface area contributed by atoms with Gasteiger partial charge < -0.3 is 15.8 Å². The first kappa shape index (κ1) is 7.93. The topological polar surface area (TPSA) is 82.0 Å². The molecule has 0 aliphatic heterocycles. The molecule has 0 spiro atoms. The van der Waals surface area contributed by atoms with Gasteiger partial charge in [-0.15, -0.1) is 0 Å². The molecule has 0 atom stereocenters. The van der Waals surface area contributed by atoms with Crippen molar-refractivity contribution < 1.29 is 4.92 Å². The van der Waals surface area contributed by atoms with Crippen molar-refractivity contribution in [2.24, 2.45) is 0 Å². The summed E-state index contributed by atoms with van der Waals surface area (Å²) in [5.41, 5.74) is 5.70. The van der Waals surface area contributed by atoms with E-state index < -0.39 is 4.92 Å². The van der Waals surface area contributed by atoms with Gasteiger partial charge in [0.25, 0.3) is 0 Å². The van der Waals surface area contributed by atoms with E-state index in [1.54, 1.807) is 0 Å². The third-order valence-corrected chi connectivity index (χ3v) is 1.60. The highest BCUT2D eigenvalue weighted by atomic mass is 79.9. The Labute approximate surface area is 70.5 Å². The molecular weight excluding hydrogens is 214 g/mol. The Hall–Kier alpha value is -1.17. The van der Waals surface area contributed by atoms with Gasteiger partial charge in [-0.2, -0.15) is 0 Å². The number of anilines is 1. The second-order valence-electron chi connectivity index (χ2n) is 1.83. The van der Waals surface area contributed by atoms with Gasteiger partial charge in [-0.05, 0) is 31.9 Å². The molecule has 58 valence electrons. The molecule has 2 N–H and O–H groups in total. The monoisotopic (exact) mass is 217 g/mol. The number of halogens is 1. The molecule has 0 aliphatic carbocycles. The Kier molecular flexibility index (Phi) is 2.04. The van der Waals surface area contributed by atoms with Gasteiger partial charge in [-0.1, -0.05) is 0 Å². The van der Waals surface area contributed by atoms with Crippen molar-refractivity contribution in [2.45, 2.75) is 0 Å². The molecule has 1 heterocycles. The van der Waals surface area contributed by atoms with Crippen LogP contribution in [0.2, 0.25) is 0 Å². The number of hydrogen-bond donors (Lipinski definition) is 1. The predicted octanol–water partition coefficient (Wildman–Crippen LogP) is 1.33. The third-order valence-electron chi connectivity index (χ3n) is 1.02. The first-order chi connectivity index (χ1) is 5.11. The maximum atomic E-state index is 10.2. The first-order valence-electron chi connectivity index (χ1n) is 2.66. The van der Waals surface area contributed by atoms with E-state index in [0.29, 0.717) is 10.2 Å². The maximum absolute atomic E-state index is 10.2. The molecule has 0 aromatic carbocycles. The van der Waals surface area contributed by atoms with Crippen LogP contribution >= 0.6 is 15.9 Å². The van der Waals surface area contributed by atoms with Crippen molar-refractivity contribution >= 4 is 27.4 Å². The molecule has 0 amide bonds. The highest BCUT2D eigenvalue weighted by molar-refractivity contribution is 9.10. The molecule has 5 nitrogen and oxygen atoms in total. The SMILES string of the molecule is Nc1cnc([N+](=O)[O-])c(Br)c1. The first-order valence-corrected chi connectivity index (χ1v) is 3.46. The van der Waals surface area contributed by atoms with Crippen LogP contribution in [0.25, 0.3) is 0 Å². The van der Waals surface area contributed by atoms with E-state index in [2.05, 4.69) is 20.9 Å². The van der Waals surface area contributed by atoms with Crippen molar-refractivity contribution in [2.75, 3.05) is 5.73 Å². The minimum absolute atomic E-state index is 0.223. The summed E-state index contributed by atoms with van der Waals surface area (Å²) in [7, 11) is 0. The van der Waals surface area contributed by atoms with Gasteiger partial charge in [0.05, 0.1) is 5.69 Å². The Bertz CT molecular complexity index is 302. The van der Waals surface area contributed by atoms with Crippen LogP contribution in [0.3, 0.4) is 0 Å². The van der Waals surface area contributed by atoms with Gasteiger partial charge in [0.15, 0.2) is 6.20 Å². The van der Waals surface area contributed by atoms with E-state index in [0.717, 1.165) is 0 Å². The summed E-state index contributed by atoms with van der Waals surface area (Å²) in [6, 6.07) is 1.44. The summed E-state index contributed by atoms with van der Waals surface area (Å²) in [6.45, 7) is 0. The molecule has 1 aromatic heterocycles. The van der Waals surface area contributed by atoms with Crippen molar-refractivity contribution in [3.05, 3.63) is 26.9 Å². The van der Waals surface area contributed by atoms with E-state index in [-0.39, 0.29) is 5.82 Å². The molecule has 6 heteroatoms. The van der Waals surface area contributed by atoms with Gasteiger partial charge in [0.2, 0.25) is 0 Å². The lowest BCUT2D eigenvalue weighted by Gasteiger charge is -1.94. The maximum Gasteiger partial charge on any atom is 0.377 e. The lowest BCUT2D eigenvalue weighted by molar-refractivity contribution is -0.390. The summed E-state index contributed by atoms with van der Waals surface area (Å²) in [4.78, 5) is 13.1. The van der Waals surface area contributed by atoms with Crippen LogP contribution in [0.1, 0.15) is 0 Å².